The number of anilines is 1. The molecule has 3 heterocycles. The molecule has 6 fully saturated rings. The lowest BCUT2D eigenvalue weighted by molar-refractivity contribution is -0.124. The number of hydrogen-bond acceptors (Lipinski definition) is 7. The van der Waals surface area contributed by atoms with Crippen molar-refractivity contribution < 1.29 is 24.2 Å². The van der Waals surface area contributed by atoms with Gasteiger partial charge >= 0.3 is 6.09 Å². The van der Waals surface area contributed by atoms with E-state index < -0.39 is 0 Å². The van der Waals surface area contributed by atoms with Gasteiger partial charge in [-0.2, -0.15) is 5.10 Å². The summed E-state index contributed by atoms with van der Waals surface area (Å²) in [6, 6.07) is 10.7. The third-order valence-electron chi connectivity index (χ3n) is 14.0. The van der Waals surface area contributed by atoms with E-state index in [9.17, 15) is 14.7 Å². The predicted octanol–water partition coefficient (Wildman–Crippen LogP) is 7.55. The fourth-order valence-electron chi connectivity index (χ4n) is 9.91. The summed E-state index contributed by atoms with van der Waals surface area (Å²) in [7, 11) is 1.73. The molecule has 2 amide bonds. The second-order valence-corrected chi connectivity index (χ2v) is 17.0. The number of aliphatic hydroxyl groups excluding tert-OH is 1. The van der Waals surface area contributed by atoms with Gasteiger partial charge in [-0.3, -0.25) is 14.4 Å². The van der Waals surface area contributed by atoms with Crippen LogP contribution in [0.2, 0.25) is 0 Å². The summed E-state index contributed by atoms with van der Waals surface area (Å²) in [5, 5.41) is 14.3. The van der Waals surface area contributed by atoms with Gasteiger partial charge in [0.2, 0.25) is 5.91 Å². The van der Waals surface area contributed by atoms with E-state index in [1.165, 1.54) is 17.5 Å². The lowest BCUT2D eigenvalue weighted by Gasteiger charge is -2.55. The van der Waals surface area contributed by atoms with Gasteiger partial charge in [0, 0.05) is 37.0 Å². The van der Waals surface area contributed by atoms with Crippen LogP contribution < -0.4 is 9.64 Å². The number of fused-ring (bicyclic) bond motifs is 3. The second-order valence-electron chi connectivity index (χ2n) is 17.0. The average molecular weight is 710 g/mol. The van der Waals surface area contributed by atoms with Crippen molar-refractivity contribution in [3.8, 4) is 16.9 Å². The molecule has 0 radical (unpaired) electrons. The first-order chi connectivity index (χ1) is 25.1. The van der Waals surface area contributed by atoms with Crippen molar-refractivity contribution in [1.82, 2.24) is 19.7 Å². The number of hydrogen-bond donors (Lipinski definition) is 1. The Balaban J connectivity index is 1.01. The molecule has 1 aromatic carbocycles. The summed E-state index contributed by atoms with van der Waals surface area (Å²) in [5.41, 5.74) is 5.01. The van der Waals surface area contributed by atoms with Crippen molar-refractivity contribution in [3.63, 3.8) is 0 Å². The first-order valence-corrected chi connectivity index (χ1v) is 19.7. The van der Waals surface area contributed by atoms with Gasteiger partial charge in [0.1, 0.15) is 17.7 Å². The number of aromatic nitrogens is 3. The summed E-state index contributed by atoms with van der Waals surface area (Å²) in [5.74, 6) is 1.64. The second kappa shape index (κ2) is 13.8. The minimum atomic E-state index is -0.341. The molecule has 1 atom stereocenters. The van der Waals surface area contributed by atoms with Crippen LogP contribution in [0.3, 0.4) is 0 Å². The molecule has 1 saturated heterocycles. The van der Waals surface area contributed by atoms with Crippen LogP contribution in [0.5, 0.6) is 5.75 Å². The van der Waals surface area contributed by atoms with E-state index in [0.717, 1.165) is 74.7 Å². The zero-order chi connectivity index (χ0) is 36.1. The molecule has 2 aromatic heterocycles. The predicted molar refractivity (Wildman–Crippen MR) is 199 cm³/mol. The molecule has 10 heteroatoms. The maximum atomic E-state index is 14.7. The average Bonchev–Trinajstić information content (AvgIpc) is 3.65. The molecule has 6 aliphatic rings. The van der Waals surface area contributed by atoms with Gasteiger partial charge in [0.15, 0.2) is 0 Å². The van der Waals surface area contributed by atoms with Crippen LogP contribution in [-0.2, 0) is 20.5 Å². The number of rotatable bonds is 10. The number of benzene rings is 1. The van der Waals surface area contributed by atoms with Gasteiger partial charge in [0.05, 0.1) is 31.5 Å². The normalized spacial score (nSPS) is 29.2. The van der Waals surface area contributed by atoms with Crippen LogP contribution in [0.4, 0.5) is 10.6 Å². The number of nitrogens with zero attached hydrogens (tertiary/aromatic N) is 5. The van der Waals surface area contributed by atoms with Crippen LogP contribution in [0.25, 0.3) is 11.1 Å². The van der Waals surface area contributed by atoms with Crippen molar-refractivity contribution >= 4 is 17.8 Å². The maximum Gasteiger partial charge on any atom is 0.410 e. The monoisotopic (exact) mass is 709 g/mol. The first kappa shape index (κ1) is 35.1. The van der Waals surface area contributed by atoms with Crippen molar-refractivity contribution in [2.45, 2.75) is 127 Å². The number of likely N-dealkylation sites (tertiary alicyclic amines) is 1. The Kier molecular flexibility index (Phi) is 9.33. The Morgan fingerprint density at radius 3 is 2.33 bits per heavy atom. The van der Waals surface area contributed by atoms with Gasteiger partial charge < -0.3 is 19.5 Å². The molecule has 52 heavy (non-hydrogen) atoms. The van der Waals surface area contributed by atoms with Crippen LogP contribution in [0.15, 0.2) is 48.9 Å². The van der Waals surface area contributed by atoms with E-state index in [-0.39, 0.29) is 53.0 Å². The summed E-state index contributed by atoms with van der Waals surface area (Å²) in [4.78, 5) is 36.0. The van der Waals surface area contributed by atoms with Crippen LogP contribution >= 0.6 is 0 Å². The van der Waals surface area contributed by atoms with Gasteiger partial charge in [-0.1, -0.05) is 12.1 Å². The summed E-state index contributed by atoms with van der Waals surface area (Å²) in [6.45, 7) is 5.67. The highest BCUT2D eigenvalue weighted by Crippen LogP contribution is 2.58. The van der Waals surface area contributed by atoms with Crippen molar-refractivity contribution in [2.24, 2.45) is 11.3 Å². The maximum absolute atomic E-state index is 14.7. The fraction of sp³-hybridized carbons (Fsp3) is 0.619. The molecule has 3 aromatic rings. The zero-order valence-electron chi connectivity index (χ0n) is 31.2. The molecule has 10 nitrogen and oxygen atoms in total. The van der Waals surface area contributed by atoms with Crippen molar-refractivity contribution in [3.05, 3.63) is 60.0 Å². The molecule has 0 unspecified atom stereocenters. The number of aryl methyl sites for hydroxylation is 1. The summed E-state index contributed by atoms with van der Waals surface area (Å²) in [6.07, 6.45) is 19.0. The van der Waals surface area contributed by atoms with Crippen molar-refractivity contribution in [1.29, 1.82) is 0 Å². The molecule has 278 valence electrons. The third-order valence-corrected chi connectivity index (χ3v) is 14.0. The lowest BCUT2D eigenvalue weighted by Crippen LogP contribution is -2.54. The molecule has 0 spiro atoms. The Bertz CT molecular complexity index is 1770. The largest absolute Gasteiger partial charge is 0.496 e. The summed E-state index contributed by atoms with van der Waals surface area (Å²) < 4.78 is 13.5. The van der Waals surface area contributed by atoms with E-state index in [0.29, 0.717) is 44.6 Å². The van der Waals surface area contributed by atoms with Gasteiger partial charge in [0.25, 0.3) is 0 Å². The zero-order valence-corrected chi connectivity index (χ0v) is 31.2. The molecule has 5 saturated carbocycles. The Morgan fingerprint density at radius 1 is 0.962 bits per heavy atom. The van der Waals surface area contributed by atoms with E-state index in [4.69, 9.17) is 19.6 Å². The molecule has 2 bridgehead atoms. The number of ether oxygens (including phenoxy) is 2. The van der Waals surface area contributed by atoms with Crippen LogP contribution in [0.1, 0.15) is 108 Å². The molecule has 1 N–H and O–H groups in total. The topological polar surface area (TPSA) is 110 Å². The van der Waals surface area contributed by atoms with E-state index >= 15 is 0 Å². The first-order valence-electron chi connectivity index (χ1n) is 19.7. The molecule has 5 aliphatic carbocycles. The number of carbonyl (C=O) groups excluding carboxylic acids is 2. The minimum absolute atomic E-state index is 0.0350. The Morgan fingerprint density at radius 2 is 1.71 bits per heavy atom. The van der Waals surface area contributed by atoms with Gasteiger partial charge in [-0.15, -0.1) is 0 Å². The highest BCUT2D eigenvalue weighted by atomic mass is 16.6. The van der Waals surface area contributed by atoms with Crippen LogP contribution in [0, 0.1) is 18.3 Å². The van der Waals surface area contributed by atoms with Gasteiger partial charge in [-0.05, 0) is 149 Å². The quantitative estimate of drug-likeness (QED) is 0.232. The van der Waals surface area contributed by atoms with Crippen LogP contribution in [-0.4, -0.2) is 75.7 Å². The smallest absolute Gasteiger partial charge is 0.410 e. The highest BCUT2D eigenvalue weighted by Gasteiger charge is 2.51. The number of aliphatic hydroxyl groups is 1. The Labute approximate surface area is 307 Å². The van der Waals surface area contributed by atoms with E-state index in [1.54, 1.807) is 12.0 Å². The van der Waals surface area contributed by atoms with E-state index in [2.05, 4.69) is 49.0 Å². The van der Waals surface area contributed by atoms with Crippen molar-refractivity contribution in [2.75, 3.05) is 31.7 Å². The SMILES string of the molecule is COc1ccc(C23CCC(CN(C(=O)C4CCC(OC(=O)N5CC[C@H]5CO)CC4)c4cc(-c5cnn(C6(C)CCC6)c5)ccn4)(CC2)CC3)cc1C. The number of carbonyl (C=O) groups is 2. The summed E-state index contributed by atoms with van der Waals surface area (Å²) >= 11 is 0. The lowest BCUT2D eigenvalue weighted by atomic mass is 9.51. The number of pyridine rings is 1. The molecule has 9 rings (SSSR count). The number of amides is 2. The standard InChI is InChI=1S/C42H55N5O5/c1-29-23-33(7-10-36(29)51-3)42-18-15-41(16-19-42,17-20-42)28-46(37-24-31(11-21-43-37)32-25-44-47(26-32)40(2)13-4-14-40)38(49)30-5-8-35(9-6-30)52-39(50)45-22-12-34(45)27-48/h7,10-11,21,23-26,30,34-35,48H,4-6,8-9,12-20,22,27-28H2,1-3H3/t30?,34-,35?,41?,42?/m0/s1. The molecular formula is C42H55N5O5. The number of methoxy groups -OCH3 is 1. The Hall–Kier alpha value is -3.92. The highest BCUT2D eigenvalue weighted by molar-refractivity contribution is 5.95. The molecular weight excluding hydrogens is 654 g/mol. The fourth-order valence-corrected chi connectivity index (χ4v) is 9.91. The van der Waals surface area contributed by atoms with E-state index in [1.807, 2.05) is 23.4 Å². The van der Waals surface area contributed by atoms with Gasteiger partial charge in [-0.25, -0.2) is 9.78 Å². The minimum Gasteiger partial charge on any atom is -0.496 e. The third kappa shape index (κ3) is 6.39. The molecule has 1 aliphatic heterocycles.